The highest BCUT2D eigenvalue weighted by Gasteiger charge is 2.20. The van der Waals surface area contributed by atoms with Crippen molar-refractivity contribution >= 4 is 17.7 Å². The van der Waals surface area contributed by atoms with E-state index >= 15 is 0 Å². The highest BCUT2D eigenvalue weighted by molar-refractivity contribution is 7.99. The largest absolute Gasteiger partial charge is 0.468 e. The summed E-state index contributed by atoms with van der Waals surface area (Å²) in [7, 11) is 1.43. The second-order valence-corrected chi connectivity index (χ2v) is 6.04. The summed E-state index contributed by atoms with van der Waals surface area (Å²) in [4.78, 5) is 12.9. The lowest BCUT2D eigenvalue weighted by atomic mass is 10.2. The highest BCUT2D eigenvalue weighted by atomic mass is 32.2. The number of nitrogens with one attached hydrogen (secondary N) is 1. The van der Waals surface area contributed by atoms with Crippen LogP contribution in [0.25, 0.3) is 0 Å². The lowest BCUT2D eigenvalue weighted by Crippen LogP contribution is -2.43. The number of hydrogen-bond acceptors (Lipinski definition) is 4. The Morgan fingerprint density at radius 1 is 1.37 bits per heavy atom. The zero-order valence-electron chi connectivity index (χ0n) is 12.3. The third-order valence-electron chi connectivity index (χ3n) is 2.77. The number of benzene rings is 1. The Hall–Kier alpha value is -1.00. The summed E-state index contributed by atoms with van der Waals surface area (Å²) in [6.07, 6.45) is 0. The van der Waals surface area contributed by atoms with Gasteiger partial charge in [0.05, 0.1) is 7.11 Å². The number of methoxy groups -OCH3 is 1. The van der Waals surface area contributed by atoms with Gasteiger partial charge in [-0.1, -0.05) is 31.5 Å². The maximum Gasteiger partial charge on any atom is 0.323 e. The van der Waals surface area contributed by atoms with Crippen LogP contribution in [0.15, 0.2) is 23.1 Å². The first-order valence-electron chi connectivity index (χ1n) is 6.48. The third-order valence-corrected chi connectivity index (χ3v) is 4.02. The van der Waals surface area contributed by atoms with Crippen molar-refractivity contribution < 1.29 is 9.53 Å². The molecule has 0 amide bonds. The van der Waals surface area contributed by atoms with E-state index < -0.39 is 0 Å². The Kier molecular flexibility index (Phi) is 6.38. The highest BCUT2D eigenvalue weighted by Crippen LogP contribution is 2.24. The fourth-order valence-electron chi connectivity index (χ4n) is 1.76. The van der Waals surface area contributed by atoms with E-state index in [-0.39, 0.29) is 18.1 Å². The molecule has 0 aromatic heterocycles. The lowest BCUT2D eigenvalue weighted by molar-refractivity contribution is -0.142. The molecule has 1 atom stereocenters. The van der Waals surface area contributed by atoms with Gasteiger partial charge in [-0.05, 0) is 25.5 Å². The van der Waals surface area contributed by atoms with Gasteiger partial charge in [0.1, 0.15) is 6.04 Å². The molecule has 0 bridgehead atoms. The normalized spacial score (nSPS) is 12.5. The molecule has 0 aliphatic rings. The van der Waals surface area contributed by atoms with E-state index in [2.05, 4.69) is 37.4 Å². The molecule has 3 nitrogen and oxygen atoms in total. The number of carbonyl (C=O) groups excluding carboxylic acids is 1. The zero-order valence-corrected chi connectivity index (χ0v) is 13.1. The second-order valence-electron chi connectivity index (χ2n) is 4.98. The average molecular weight is 281 g/mol. The molecule has 1 aromatic carbocycles. The standard InChI is InChI=1S/C15H23NO2S/c1-10(2)16-13(15(17)18-5)9-19-14-8-11(3)6-7-12(14)4/h6-8,10,13,16H,9H2,1-5H3. The Balaban J connectivity index is 2.70. The van der Waals surface area contributed by atoms with Crippen LogP contribution in [0.3, 0.4) is 0 Å². The maximum absolute atomic E-state index is 11.7. The molecule has 4 heteroatoms. The van der Waals surface area contributed by atoms with Crippen molar-refractivity contribution in [3.63, 3.8) is 0 Å². The van der Waals surface area contributed by atoms with Crippen LogP contribution in [0.5, 0.6) is 0 Å². The summed E-state index contributed by atoms with van der Waals surface area (Å²) in [5.74, 6) is 0.473. The maximum atomic E-state index is 11.7. The van der Waals surface area contributed by atoms with E-state index in [4.69, 9.17) is 4.74 Å². The van der Waals surface area contributed by atoms with E-state index in [1.54, 1.807) is 11.8 Å². The van der Waals surface area contributed by atoms with Gasteiger partial charge in [-0.3, -0.25) is 4.79 Å². The molecule has 19 heavy (non-hydrogen) atoms. The van der Waals surface area contributed by atoms with Gasteiger partial charge in [-0.25, -0.2) is 0 Å². The third kappa shape index (κ3) is 5.25. The molecule has 0 saturated carbocycles. The number of carbonyl (C=O) groups is 1. The molecular formula is C15H23NO2S. The van der Waals surface area contributed by atoms with Crippen LogP contribution in [0.4, 0.5) is 0 Å². The number of aryl methyl sites for hydroxylation is 2. The fourth-order valence-corrected chi connectivity index (χ4v) is 2.91. The van der Waals surface area contributed by atoms with Crippen LogP contribution in [0, 0.1) is 13.8 Å². The summed E-state index contributed by atoms with van der Waals surface area (Å²) in [6, 6.07) is 6.35. The molecule has 0 saturated heterocycles. The quantitative estimate of drug-likeness (QED) is 0.643. The molecule has 106 valence electrons. The summed E-state index contributed by atoms with van der Waals surface area (Å²) in [5, 5.41) is 3.24. The summed E-state index contributed by atoms with van der Waals surface area (Å²) in [5.41, 5.74) is 2.48. The van der Waals surface area contributed by atoms with Crippen molar-refractivity contribution in [2.24, 2.45) is 0 Å². The van der Waals surface area contributed by atoms with Crippen LogP contribution < -0.4 is 5.32 Å². The Morgan fingerprint density at radius 3 is 2.63 bits per heavy atom. The molecule has 1 rings (SSSR count). The van der Waals surface area contributed by atoms with Crippen LogP contribution in [0.1, 0.15) is 25.0 Å². The van der Waals surface area contributed by atoms with E-state index in [0.717, 1.165) is 0 Å². The first-order valence-corrected chi connectivity index (χ1v) is 7.46. The molecule has 0 radical (unpaired) electrons. The SMILES string of the molecule is COC(=O)C(CSc1cc(C)ccc1C)NC(C)C. The summed E-state index contributed by atoms with van der Waals surface area (Å²) >= 11 is 1.69. The monoisotopic (exact) mass is 281 g/mol. The van der Waals surface area contributed by atoms with Gasteiger partial charge in [0.15, 0.2) is 0 Å². The molecular weight excluding hydrogens is 258 g/mol. The number of ether oxygens (including phenoxy) is 1. The van der Waals surface area contributed by atoms with Crippen LogP contribution in [0.2, 0.25) is 0 Å². The summed E-state index contributed by atoms with van der Waals surface area (Å²) in [6.45, 7) is 8.22. The first kappa shape index (κ1) is 16.1. The fraction of sp³-hybridized carbons (Fsp3) is 0.533. The molecule has 0 spiro atoms. The Morgan fingerprint density at radius 2 is 2.05 bits per heavy atom. The van der Waals surface area contributed by atoms with Crippen LogP contribution in [-0.4, -0.2) is 30.9 Å². The molecule has 0 aliphatic heterocycles. The molecule has 0 heterocycles. The minimum atomic E-state index is -0.269. The first-order chi connectivity index (χ1) is 8.93. The predicted octanol–water partition coefficient (Wildman–Crippen LogP) is 2.94. The van der Waals surface area contributed by atoms with Crippen molar-refractivity contribution in [1.82, 2.24) is 5.32 Å². The topological polar surface area (TPSA) is 38.3 Å². The van der Waals surface area contributed by atoms with Gasteiger partial charge in [0, 0.05) is 16.7 Å². The van der Waals surface area contributed by atoms with Crippen molar-refractivity contribution in [1.29, 1.82) is 0 Å². The summed E-state index contributed by atoms with van der Waals surface area (Å²) < 4.78 is 4.84. The number of esters is 1. The zero-order chi connectivity index (χ0) is 14.4. The molecule has 0 aliphatic carbocycles. The van der Waals surface area contributed by atoms with E-state index in [0.29, 0.717) is 5.75 Å². The van der Waals surface area contributed by atoms with Crippen molar-refractivity contribution in [3.8, 4) is 0 Å². The molecule has 1 aromatic rings. The van der Waals surface area contributed by atoms with E-state index in [1.807, 2.05) is 13.8 Å². The Bertz CT molecular complexity index is 432. The van der Waals surface area contributed by atoms with Gasteiger partial charge in [0.25, 0.3) is 0 Å². The number of thioether (sulfide) groups is 1. The molecule has 1 N–H and O–H groups in total. The van der Waals surface area contributed by atoms with Gasteiger partial charge < -0.3 is 10.1 Å². The Labute approximate surface area is 120 Å². The van der Waals surface area contributed by atoms with E-state index in [9.17, 15) is 4.79 Å². The number of rotatable bonds is 6. The smallest absolute Gasteiger partial charge is 0.323 e. The minimum absolute atomic E-state index is 0.202. The van der Waals surface area contributed by atoms with Crippen molar-refractivity contribution in [2.75, 3.05) is 12.9 Å². The van der Waals surface area contributed by atoms with Crippen molar-refractivity contribution in [2.45, 2.75) is 44.7 Å². The van der Waals surface area contributed by atoms with Crippen molar-refractivity contribution in [3.05, 3.63) is 29.3 Å². The average Bonchev–Trinajstić information content (AvgIpc) is 2.36. The van der Waals surface area contributed by atoms with E-state index in [1.165, 1.54) is 23.1 Å². The second kappa shape index (κ2) is 7.56. The van der Waals surface area contributed by atoms with Crippen LogP contribution in [-0.2, 0) is 9.53 Å². The lowest BCUT2D eigenvalue weighted by Gasteiger charge is -2.19. The van der Waals surface area contributed by atoms with Gasteiger partial charge in [-0.2, -0.15) is 0 Å². The molecule has 0 fully saturated rings. The molecule has 1 unspecified atom stereocenters. The van der Waals surface area contributed by atoms with Crippen LogP contribution >= 0.6 is 11.8 Å². The van der Waals surface area contributed by atoms with Gasteiger partial charge in [0.2, 0.25) is 0 Å². The van der Waals surface area contributed by atoms with Gasteiger partial charge in [-0.15, -0.1) is 11.8 Å². The van der Waals surface area contributed by atoms with Gasteiger partial charge >= 0.3 is 5.97 Å². The predicted molar refractivity (Wildman–Crippen MR) is 80.7 cm³/mol. The number of hydrogen-bond donors (Lipinski definition) is 1. The minimum Gasteiger partial charge on any atom is -0.468 e.